The summed E-state index contributed by atoms with van der Waals surface area (Å²) in [6, 6.07) is 16.0. The fraction of sp³-hybridized carbons (Fsp3) is 0.217. The van der Waals surface area contributed by atoms with Crippen LogP contribution in [0.1, 0.15) is 12.0 Å². The van der Waals surface area contributed by atoms with Crippen molar-refractivity contribution in [3.05, 3.63) is 59.7 Å². The number of rotatable bonds is 11. The molecule has 1 N–H and O–H groups in total. The molecule has 10 nitrogen and oxygen atoms in total. The predicted molar refractivity (Wildman–Crippen MR) is 130 cm³/mol. The van der Waals surface area contributed by atoms with Crippen molar-refractivity contribution in [2.75, 3.05) is 31.9 Å². The zero-order chi connectivity index (χ0) is 25.3. The van der Waals surface area contributed by atoms with E-state index in [0.29, 0.717) is 42.5 Å². The van der Waals surface area contributed by atoms with Gasteiger partial charge < -0.3 is 14.2 Å². The van der Waals surface area contributed by atoms with E-state index < -0.39 is 15.7 Å². The van der Waals surface area contributed by atoms with E-state index >= 15 is 0 Å². The molecule has 0 saturated heterocycles. The Morgan fingerprint density at radius 1 is 1.06 bits per heavy atom. The maximum atomic E-state index is 12.4. The van der Waals surface area contributed by atoms with Gasteiger partial charge in [0.15, 0.2) is 0 Å². The van der Waals surface area contributed by atoms with Crippen molar-refractivity contribution < 1.29 is 27.4 Å². The van der Waals surface area contributed by atoms with Crippen LogP contribution in [0, 0.1) is 11.3 Å². The van der Waals surface area contributed by atoms with Gasteiger partial charge in [-0.05, 0) is 48.0 Å². The van der Waals surface area contributed by atoms with Crippen molar-refractivity contribution in [1.29, 1.82) is 5.26 Å². The highest BCUT2D eigenvalue weighted by molar-refractivity contribution is 7.90. The van der Waals surface area contributed by atoms with E-state index in [1.54, 1.807) is 31.4 Å². The Bertz CT molecular complexity index is 1330. The number of methoxy groups -OCH3 is 1. The van der Waals surface area contributed by atoms with Gasteiger partial charge >= 0.3 is 0 Å². The molecule has 0 radical (unpaired) electrons. The van der Waals surface area contributed by atoms with Crippen molar-refractivity contribution in [3.8, 4) is 23.3 Å². The summed E-state index contributed by atoms with van der Waals surface area (Å²) < 4.78 is 43.0. The molecule has 1 aromatic heterocycles. The molecule has 0 unspecified atom stereocenters. The lowest BCUT2D eigenvalue weighted by atomic mass is 10.1. The van der Waals surface area contributed by atoms with Gasteiger partial charge in [0.05, 0.1) is 20.3 Å². The topological polar surface area (TPSA) is 140 Å². The van der Waals surface area contributed by atoms with Gasteiger partial charge in [0.2, 0.25) is 15.0 Å². The first-order valence-corrected chi connectivity index (χ1v) is 12.9. The molecule has 182 valence electrons. The molecule has 0 fully saturated rings. The van der Waals surface area contributed by atoms with E-state index in [1.165, 1.54) is 6.08 Å². The van der Waals surface area contributed by atoms with E-state index in [-0.39, 0.29) is 15.9 Å². The third-order valence-electron chi connectivity index (χ3n) is 4.40. The average Bonchev–Trinajstić information content (AvgIpc) is 3.32. The monoisotopic (exact) mass is 514 g/mol. The molecule has 35 heavy (non-hydrogen) atoms. The zero-order valence-electron chi connectivity index (χ0n) is 18.9. The lowest BCUT2D eigenvalue weighted by molar-refractivity contribution is -0.112. The van der Waals surface area contributed by atoms with E-state index in [2.05, 4.69) is 14.7 Å². The van der Waals surface area contributed by atoms with E-state index in [0.717, 1.165) is 17.8 Å². The smallest absolute Gasteiger partial charge is 0.268 e. The van der Waals surface area contributed by atoms with Crippen molar-refractivity contribution in [2.24, 2.45) is 0 Å². The van der Waals surface area contributed by atoms with Crippen molar-refractivity contribution in [1.82, 2.24) is 9.36 Å². The van der Waals surface area contributed by atoms with Crippen LogP contribution in [-0.4, -0.2) is 50.3 Å². The largest absolute Gasteiger partial charge is 0.497 e. The van der Waals surface area contributed by atoms with Gasteiger partial charge in [-0.3, -0.25) is 10.1 Å². The van der Waals surface area contributed by atoms with Gasteiger partial charge in [0, 0.05) is 24.2 Å². The summed E-state index contributed by atoms with van der Waals surface area (Å²) in [6.45, 7) is 0.947. The molecule has 0 saturated carbocycles. The number of hydrogen-bond acceptors (Lipinski definition) is 10. The second-order valence-corrected chi connectivity index (χ2v) is 9.73. The highest BCUT2D eigenvalue weighted by Gasteiger charge is 2.17. The van der Waals surface area contributed by atoms with Crippen molar-refractivity contribution >= 4 is 38.5 Å². The van der Waals surface area contributed by atoms with Gasteiger partial charge in [-0.1, -0.05) is 12.1 Å². The Morgan fingerprint density at radius 2 is 1.63 bits per heavy atom. The molecule has 3 rings (SSSR count). The zero-order valence-corrected chi connectivity index (χ0v) is 20.6. The fourth-order valence-corrected chi connectivity index (χ4v) is 4.10. The van der Waals surface area contributed by atoms with Crippen LogP contribution in [0.2, 0.25) is 0 Å². The van der Waals surface area contributed by atoms with Gasteiger partial charge in [0.1, 0.15) is 28.9 Å². The average molecular weight is 515 g/mol. The van der Waals surface area contributed by atoms with Gasteiger partial charge in [0.25, 0.3) is 11.1 Å². The molecule has 0 spiro atoms. The van der Waals surface area contributed by atoms with Crippen LogP contribution >= 0.6 is 11.5 Å². The van der Waals surface area contributed by atoms with Gasteiger partial charge in [-0.15, -0.1) is 0 Å². The molecule has 0 aliphatic carbocycles. The normalized spacial score (nSPS) is 11.4. The first-order valence-electron chi connectivity index (χ1n) is 10.2. The van der Waals surface area contributed by atoms with Crippen LogP contribution in [0.3, 0.4) is 0 Å². The second kappa shape index (κ2) is 12.0. The molecule has 0 bridgehead atoms. The number of anilines is 1. The molecule has 1 heterocycles. The Kier molecular flexibility index (Phi) is 8.77. The van der Waals surface area contributed by atoms with Gasteiger partial charge in [-0.2, -0.15) is 14.6 Å². The molecule has 3 aromatic rings. The van der Waals surface area contributed by atoms with Crippen molar-refractivity contribution in [3.63, 3.8) is 0 Å². The number of carbonyl (C=O) groups excluding carboxylic acids is 1. The first kappa shape index (κ1) is 25.7. The number of hydrogen-bond donors (Lipinski definition) is 1. The second-order valence-electron chi connectivity index (χ2n) is 7.07. The quantitative estimate of drug-likeness (QED) is 0.232. The SMILES string of the molecule is COc1ccc(OCCCOc2ccc(/C=C(/C#N)C(=O)Nc3nc(S(C)(=O)=O)ns3)cc2)cc1. The van der Waals surface area contributed by atoms with E-state index in [1.807, 2.05) is 30.3 Å². The standard InChI is InChI=1S/C23H22N4O6S2/c1-31-18-8-10-20(11-9-18)33-13-3-12-32-19-6-4-16(5-7-19)14-17(15-24)21(28)25-22-26-23(27-34-22)35(2,29)30/h4-11,14H,3,12-13H2,1-2H3,(H,25,26,27,28)/b17-14-. The molecule has 0 aliphatic heterocycles. The van der Waals surface area contributed by atoms with Crippen LogP contribution in [0.4, 0.5) is 5.13 Å². The Morgan fingerprint density at radius 3 is 2.14 bits per heavy atom. The number of nitrogens with one attached hydrogen (secondary N) is 1. The number of sulfone groups is 1. The molecule has 0 aliphatic rings. The minimum atomic E-state index is -3.59. The molecular formula is C23H22N4O6S2. The highest BCUT2D eigenvalue weighted by Crippen LogP contribution is 2.19. The highest BCUT2D eigenvalue weighted by atomic mass is 32.2. The molecule has 2 aromatic carbocycles. The maximum Gasteiger partial charge on any atom is 0.268 e. The lowest BCUT2D eigenvalue weighted by Crippen LogP contribution is -2.13. The number of aromatic nitrogens is 2. The lowest BCUT2D eigenvalue weighted by Gasteiger charge is -2.09. The summed E-state index contributed by atoms with van der Waals surface area (Å²) in [5, 5.41) is 11.3. The van der Waals surface area contributed by atoms with Crippen LogP contribution in [0.15, 0.2) is 59.3 Å². The summed E-state index contributed by atoms with van der Waals surface area (Å²) in [5.74, 6) is 1.43. The summed E-state index contributed by atoms with van der Waals surface area (Å²) in [6.07, 6.45) is 3.05. The third-order valence-corrected chi connectivity index (χ3v) is 5.99. The molecule has 0 atom stereocenters. The Hall–Kier alpha value is -3.95. The summed E-state index contributed by atoms with van der Waals surface area (Å²) in [4.78, 5) is 16.1. The van der Waals surface area contributed by atoms with Crippen molar-refractivity contribution in [2.45, 2.75) is 11.6 Å². The number of nitriles is 1. The minimum absolute atomic E-state index is 0.0173. The summed E-state index contributed by atoms with van der Waals surface area (Å²) in [5.41, 5.74) is 0.437. The maximum absolute atomic E-state index is 12.4. The fourth-order valence-electron chi connectivity index (χ4n) is 2.66. The number of amides is 1. The summed E-state index contributed by atoms with van der Waals surface area (Å²) >= 11 is 0.713. The van der Waals surface area contributed by atoms with Crippen LogP contribution in [-0.2, 0) is 14.6 Å². The first-order chi connectivity index (χ1) is 16.8. The Labute approximate surface area is 206 Å². The number of nitrogens with zero attached hydrogens (tertiary/aromatic N) is 3. The number of carbonyl (C=O) groups is 1. The van der Waals surface area contributed by atoms with Crippen LogP contribution < -0.4 is 19.5 Å². The van der Waals surface area contributed by atoms with Crippen LogP contribution in [0.5, 0.6) is 17.2 Å². The third kappa shape index (κ3) is 7.80. The Balaban J connectivity index is 1.48. The van der Waals surface area contributed by atoms with Crippen LogP contribution in [0.25, 0.3) is 6.08 Å². The number of ether oxygens (including phenoxy) is 3. The summed E-state index contributed by atoms with van der Waals surface area (Å²) in [7, 11) is -1.98. The van der Waals surface area contributed by atoms with Gasteiger partial charge in [-0.25, -0.2) is 8.42 Å². The minimum Gasteiger partial charge on any atom is -0.497 e. The van der Waals surface area contributed by atoms with E-state index in [4.69, 9.17) is 14.2 Å². The molecule has 12 heteroatoms. The number of benzene rings is 2. The van der Waals surface area contributed by atoms with E-state index in [9.17, 15) is 18.5 Å². The molecule has 1 amide bonds. The predicted octanol–water partition coefficient (Wildman–Crippen LogP) is 3.34. The molecular weight excluding hydrogens is 492 g/mol.